The summed E-state index contributed by atoms with van der Waals surface area (Å²) in [4.78, 5) is 25.5. The zero-order valence-electron chi connectivity index (χ0n) is 18.5. The number of rotatable bonds is 7. The Hall–Kier alpha value is -3.10. The van der Waals surface area contributed by atoms with Crippen LogP contribution in [0.25, 0.3) is 0 Å². The first-order chi connectivity index (χ1) is 15.5. The second-order valence-electron chi connectivity index (χ2n) is 7.65. The molecule has 0 spiro atoms. The second-order valence-corrected chi connectivity index (χ2v) is 7.65. The van der Waals surface area contributed by atoms with E-state index >= 15 is 0 Å². The van der Waals surface area contributed by atoms with Crippen LogP contribution in [0.2, 0.25) is 0 Å². The molecule has 1 unspecified atom stereocenters. The summed E-state index contributed by atoms with van der Waals surface area (Å²) >= 11 is 0. The monoisotopic (exact) mass is 442 g/mol. The number of hydrogen-bond acceptors (Lipinski definition) is 6. The van der Waals surface area contributed by atoms with Gasteiger partial charge in [0.1, 0.15) is 13.2 Å². The number of methoxy groups -OCH3 is 2. The highest BCUT2D eigenvalue weighted by molar-refractivity contribution is 5.74. The molecule has 0 saturated heterocycles. The van der Waals surface area contributed by atoms with Crippen molar-refractivity contribution in [3.63, 3.8) is 0 Å². The fourth-order valence-electron chi connectivity index (χ4n) is 3.77. The first-order valence-electron chi connectivity index (χ1n) is 10.6. The van der Waals surface area contributed by atoms with Crippen molar-refractivity contribution in [1.29, 1.82) is 0 Å². The fraction of sp³-hybridized carbons (Fsp3) is 0.417. The summed E-state index contributed by atoms with van der Waals surface area (Å²) < 4.78 is 21.9. The van der Waals surface area contributed by atoms with Gasteiger partial charge in [-0.3, -0.25) is 0 Å². The van der Waals surface area contributed by atoms with Crippen LogP contribution >= 0.6 is 0 Å². The largest absolute Gasteiger partial charge is 0.443 e. The summed E-state index contributed by atoms with van der Waals surface area (Å²) in [5, 5.41) is 1.20. The van der Waals surface area contributed by atoms with E-state index in [2.05, 4.69) is 5.43 Å². The van der Waals surface area contributed by atoms with Crippen molar-refractivity contribution in [2.45, 2.75) is 50.7 Å². The number of benzene rings is 2. The van der Waals surface area contributed by atoms with E-state index in [1.54, 1.807) is 14.2 Å². The van der Waals surface area contributed by atoms with Gasteiger partial charge in [0.15, 0.2) is 5.79 Å². The summed E-state index contributed by atoms with van der Waals surface area (Å²) in [6.45, 7) is 0.174. The van der Waals surface area contributed by atoms with Crippen molar-refractivity contribution < 1.29 is 28.5 Å². The minimum absolute atomic E-state index is 0.0866. The Balaban J connectivity index is 1.67. The average Bonchev–Trinajstić information content (AvgIpc) is 2.85. The van der Waals surface area contributed by atoms with Gasteiger partial charge in [-0.05, 0) is 24.0 Å². The molecule has 1 N–H and O–H groups in total. The number of ether oxygens (including phenoxy) is 4. The highest BCUT2D eigenvalue weighted by Crippen LogP contribution is 2.34. The topological polar surface area (TPSA) is 86.3 Å². The standard InChI is InChI=1S/C24H30N2O6/c1-29-24(30-2)15-9-14-21(16-24)26(23(28)32-18-20-12-7-4-8-13-20)25-22(27)31-17-19-10-5-3-6-11-19/h3-8,10-13,21H,9,14-18H2,1-2H3,(H,25,27). The van der Waals surface area contributed by atoms with E-state index in [0.29, 0.717) is 19.3 Å². The molecule has 1 aliphatic carbocycles. The van der Waals surface area contributed by atoms with E-state index in [1.165, 1.54) is 5.01 Å². The molecule has 1 saturated carbocycles. The number of amides is 2. The average molecular weight is 443 g/mol. The second kappa shape index (κ2) is 11.5. The molecule has 0 radical (unpaired) electrons. The van der Waals surface area contributed by atoms with Gasteiger partial charge in [0.05, 0.1) is 6.04 Å². The van der Waals surface area contributed by atoms with Gasteiger partial charge in [-0.1, -0.05) is 60.7 Å². The van der Waals surface area contributed by atoms with Crippen LogP contribution in [-0.4, -0.2) is 43.2 Å². The highest BCUT2D eigenvalue weighted by Gasteiger charge is 2.41. The van der Waals surface area contributed by atoms with Crippen LogP contribution in [-0.2, 0) is 32.2 Å². The van der Waals surface area contributed by atoms with Gasteiger partial charge in [0.25, 0.3) is 0 Å². The van der Waals surface area contributed by atoms with Crippen molar-refractivity contribution in [1.82, 2.24) is 10.4 Å². The van der Waals surface area contributed by atoms with Crippen molar-refractivity contribution >= 4 is 12.2 Å². The molecule has 8 heteroatoms. The molecule has 2 aromatic carbocycles. The van der Waals surface area contributed by atoms with Gasteiger partial charge in [-0.15, -0.1) is 0 Å². The van der Waals surface area contributed by atoms with E-state index < -0.39 is 18.0 Å². The lowest BCUT2D eigenvalue weighted by Crippen LogP contribution is -2.56. The van der Waals surface area contributed by atoms with E-state index in [-0.39, 0.29) is 19.3 Å². The molecule has 1 fully saturated rings. The van der Waals surface area contributed by atoms with E-state index in [9.17, 15) is 9.59 Å². The van der Waals surface area contributed by atoms with Crippen molar-refractivity contribution in [2.75, 3.05) is 14.2 Å². The predicted octanol–water partition coefficient (Wildman–Crippen LogP) is 4.40. The Morgan fingerprint density at radius 3 is 2.06 bits per heavy atom. The normalized spacial score (nSPS) is 17.2. The summed E-state index contributed by atoms with van der Waals surface area (Å²) in [5.41, 5.74) is 4.26. The van der Waals surface area contributed by atoms with Gasteiger partial charge >= 0.3 is 12.2 Å². The minimum atomic E-state index is -0.823. The van der Waals surface area contributed by atoms with Crippen molar-refractivity contribution in [3.05, 3.63) is 71.8 Å². The Morgan fingerprint density at radius 1 is 0.938 bits per heavy atom. The Bertz CT molecular complexity index is 857. The molecule has 3 rings (SSSR count). The molecule has 32 heavy (non-hydrogen) atoms. The number of hydrazine groups is 1. The molecule has 8 nitrogen and oxygen atoms in total. The molecule has 172 valence electrons. The maximum atomic E-state index is 13.0. The number of carbonyl (C=O) groups excluding carboxylic acids is 2. The van der Waals surface area contributed by atoms with Gasteiger partial charge < -0.3 is 18.9 Å². The lowest BCUT2D eigenvalue weighted by Gasteiger charge is -2.41. The van der Waals surface area contributed by atoms with Crippen LogP contribution in [0.3, 0.4) is 0 Å². The van der Waals surface area contributed by atoms with Crippen molar-refractivity contribution in [3.8, 4) is 0 Å². The van der Waals surface area contributed by atoms with Gasteiger partial charge in [-0.2, -0.15) is 0 Å². The zero-order chi connectivity index (χ0) is 22.8. The first-order valence-corrected chi connectivity index (χ1v) is 10.6. The van der Waals surface area contributed by atoms with Crippen LogP contribution in [0.15, 0.2) is 60.7 Å². The van der Waals surface area contributed by atoms with Crippen LogP contribution < -0.4 is 5.43 Å². The summed E-state index contributed by atoms with van der Waals surface area (Å²) in [6, 6.07) is 18.3. The predicted molar refractivity (Wildman–Crippen MR) is 117 cm³/mol. The van der Waals surface area contributed by atoms with Crippen LogP contribution in [0.5, 0.6) is 0 Å². The number of hydrogen-bond donors (Lipinski definition) is 1. The highest BCUT2D eigenvalue weighted by atomic mass is 16.7. The Labute approximate surface area is 188 Å². The fourth-order valence-corrected chi connectivity index (χ4v) is 3.77. The van der Waals surface area contributed by atoms with Gasteiger partial charge in [0.2, 0.25) is 0 Å². The molecule has 1 aliphatic rings. The quantitative estimate of drug-likeness (QED) is 0.505. The molecule has 0 aromatic heterocycles. The number of nitrogens with one attached hydrogen (secondary N) is 1. The molecule has 0 heterocycles. The maximum Gasteiger partial charge on any atom is 0.429 e. The van der Waals surface area contributed by atoms with E-state index in [4.69, 9.17) is 18.9 Å². The number of carbonyl (C=O) groups is 2. The molecule has 2 aromatic rings. The third-order valence-corrected chi connectivity index (χ3v) is 5.58. The lowest BCUT2D eigenvalue weighted by molar-refractivity contribution is -0.232. The SMILES string of the molecule is COC1(OC)CCCC(N(NC(=O)OCc2ccccc2)C(=O)OCc2ccccc2)C1. The van der Waals surface area contributed by atoms with E-state index in [0.717, 1.165) is 17.5 Å². The first kappa shape index (κ1) is 23.6. The van der Waals surface area contributed by atoms with E-state index in [1.807, 2.05) is 60.7 Å². The molecule has 1 atom stereocenters. The maximum absolute atomic E-state index is 13.0. The summed E-state index contributed by atoms with van der Waals surface area (Å²) in [5.74, 6) is -0.823. The van der Waals surface area contributed by atoms with Gasteiger partial charge in [-0.25, -0.2) is 20.0 Å². The van der Waals surface area contributed by atoms with Crippen LogP contribution in [0.4, 0.5) is 9.59 Å². The lowest BCUT2D eigenvalue weighted by atomic mass is 9.89. The Morgan fingerprint density at radius 2 is 1.50 bits per heavy atom. The number of nitrogens with zero attached hydrogens (tertiary/aromatic N) is 1. The molecule has 0 aliphatic heterocycles. The third kappa shape index (κ3) is 6.45. The minimum Gasteiger partial charge on any atom is -0.443 e. The molecular formula is C24H30N2O6. The molecule has 0 bridgehead atoms. The smallest absolute Gasteiger partial charge is 0.429 e. The molecule has 2 amide bonds. The third-order valence-electron chi connectivity index (χ3n) is 5.58. The zero-order valence-corrected chi connectivity index (χ0v) is 18.5. The summed E-state index contributed by atoms with van der Waals surface area (Å²) in [6.07, 6.45) is 1.10. The van der Waals surface area contributed by atoms with Crippen LogP contribution in [0, 0.1) is 0 Å². The van der Waals surface area contributed by atoms with Gasteiger partial charge in [0, 0.05) is 27.1 Å². The van der Waals surface area contributed by atoms with Crippen LogP contribution in [0.1, 0.15) is 36.8 Å². The summed E-state index contributed by atoms with van der Waals surface area (Å²) in [7, 11) is 3.15. The molecular weight excluding hydrogens is 412 g/mol. The van der Waals surface area contributed by atoms with Crippen molar-refractivity contribution in [2.24, 2.45) is 0 Å². The Kier molecular flexibility index (Phi) is 8.47.